The van der Waals surface area contributed by atoms with E-state index in [2.05, 4.69) is 4.90 Å². The van der Waals surface area contributed by atoms with E-state index in [9.17, 15) is 15.0 Å². The molecule has 4 aliphatic carbocycles. The van der Waals surface area contributed by atoms with E-state index in [-0.39, 0.29) is 23.1 Å². The Morgan fingerprint density at radius 2 is 2.16 bits per heavy atom. The lowest BCUT2D eigenvalue weighted by molar-refractivity contribution is -0.149. The number of Topliss-reactive ketones (excluding diaryl/α,β-unsaturated/α-hetero) is 1. The van der Waals surface area contributed by atoms with Crippen LogP contribution in [-0.4, -0.2) is 50.7 Å². The van der Waals surface area contributed by atoms with Crippen LogP contribution in [0.15, 0.2) is 12.1 Å². The molecule has 2 N–H and O–H groups in total. The second-order valence-corrected chi connectivity index (χ2v) is 9.26. The normalized spacial score (nSPS) is 50.3. The van der Waals surface area contributed by atoms with Crippen LogP contribution in [0.25, 0.3) is 0 Å². The molecule has 2 spiro atoms. The van der Waals surface area contributed by atoms with Crippen LogP contribution < -0.4 is 4.74 Å². The van der Waals surface area contributed by atoms with Crippen molar-refractivity contribution in [3.8, 4) is 11.5 Å². The summed E-state index contributed by atoms with van der Waals surface area (Å²) in [5, 5.41) is 22.3. The summed E-state index contributed by atoms with van der Waals surface area (Å²) >= 11 is 0. The zero-order valence-corrected chi connectivity index (χ0v) is 14.0. The van der Waals surface area contributed by atoms with Crippen LogP contribution in [0, 0.1) is 5.92 Å². The Hall–Kier alpha value is -1.59. The van der Waals surface area contributed by atoms with E-state index in [1.807, 2.05) is 6.07 Å². The summed E-state index contributed by atoms with van der Waals surface area (Å²) in [4.78, 5) is 15.3. The summed E-state index contributed by atoms with van der Waals surface area (Å²) < 4.78 is 6.05. The summed E-state index contributed by atoms with van der Waals surface area (Å²) in [6.07, 6.45) is 4.59. The number of ketones is 1. The molecule has 25 heavy (non-hydrogen) atoms. The second-order valence-electron chi connectivity index (χ2n) is 9.26. The van der Waals surface area contributed by atoms with E-state index in [4.69, 9.17) is 4.74 Å². The molecule has 3 saturated carbocycles. The first-order valence-electron chi connectivity index (χ1n) is 9.55. The summed E-state index contributed by atoms with van der Waals surface area (Å²) in [7, 11) is 0. The molecular weight excluding hydrogens is 318 g/mol. The topological polar surface area (TPSA) is 69.8 Å². The molecule has 130 valence electrons. The lowest BCUT2D eigenvalue weighted by atomic mass is 9.57. The number of piperidine rings is 1. The number of benzene rings is 1. The molecule has 1 saturated heterocycles. The van der Waals surface area contributed by atoms with Crippen molar-refractivity contribution in [1.29, 1.82) is 0 Å². The minimum Gasteiger partial charge on any atom is -0.504 e. The van der Waals surface area contributed by atoms with Gasteiger partial charge in [-0.2, -0.15) is 0 Å². The van der Waals surface area contributed by atoms with Gasteiger partial charge in [0.2, 0.25) is 0 Å². The Morgan fingerprint density at radius 1 is 1.32 bits per heavy atom. The molecule has 0 aromatic heterocycles. The average molecular weight is 339 g/mol. The summed E-state index contributed by atoms with van der Waals surface area (Å²) in [6, 6.07) is 3.81. The molecule has 1 aromatic carbocycles. The zero-order chi connectivity index (χ0) is 16.8. The SMILES string of the molecule is O=C1CC[C@]2(O)C3N(CC4CC4)[C@]34Cc3ccc(O)c5c3[C@]2(C4)[C@@H]1O5. The quantitative estimate of drug-likeness (QED) is 0.795. The van der Waals surface area contributed by atoms with Crippen molar-refractivity contribution < 1.29 is 19.7 Å². The number of carbonyl (C=O) groups is 1. The molecule has 0 radical (unpaired) electrons. The number of phenolic OH excluding ortho intramolecular Hbond substituents is 1. The Balaban J connectivity index is 1.49. The van der Waals surface area contributed by atoms with Crippen molar-refractivity contribution in [3.63, 3.8) is 0 Å². The van der Waals surface area contributed by atoms with Crippen LogP contribution in [0.3, 0.4) is 0 Å². The second kappa shape index (κ2) is 3.60. The Bertz CT molecular complexity index is 879. The minimum atomic E-state index is -0.912. The number of aromatic hydroxyl groups is 1. The van der Waals surface area contributed by atoms with Crippen molar-refractivity contribution >= 4 is 5.78 Å². The number of hydrogen-bond donors (Lipinski definition) is 2. The van der Waals surface area contributed by atoms with Crippen molar-refractivity contribution in [1.82, 2.24) is 4.90 Å². The van der Waals surface area contributed by atoms with Gasteiger partial charge in [0.05, 0.1) is 17.1 Å². The maximum atomic E-state index is 12.7. The molecule has 2 bridgehead atoms. The number of aliphatic hydroxyl groups is 1. The molecule has 2 unspecified atom stereocenters. The van der Waals surface area contributed by atoms with Crippen molar-refractivity contribution in [3.05, 3.63) is 23.3 Å². The Morgan fingerprint density at radius 3 is 2.96 bits per heavy atom. The molecule has 2 heterocycles. The molecule has 6 aliphatic rings. The summed E-state index contributed by atoms with van der Waals surface area (Å²) in [6.45, 7) is 1.09. The number of fused-ring (bicyclic) bond motifs is 1. The van der Waals surface area contributed by atoms with Gasteiger partial charge in [0, 0.05) is 24.1 Å². The van der Waals surface area contributed by atoms with Gasteiger partial charge in [-0.25, -0.2) is 0 Å². The minimum absolute atomic E-state index is 0.00481. The highest BCUT2D eigenvalue weighted by Crippen LogP contribution is 2.76. The van der Waals surface area contributed by atoms with Crippen molar-refractivity contribution in [2.75, 3.05) is 6.54 Å². The lowest BCUT2D eigenvalue weighted by Crippen LogP contribution is -2.65. The van der Waals surface area contributed by atoms with E-state index >= 15 is 0 Å². The predicted octanol–water partition coefficient (Wildman–Crippen LogP) is 1.28. The molecule has 5 heteroatoms. The van der Waals surface area contributed by atoms with Crippen LogP contribution in [0.1, 0.15) is 43.2 Å². The predicted molar refractivity (Wildman–Crippen MR) is 87.7 cm³/mol. The third-order valence-electron chi connectivity index (χ3n) is 8.18. The molecule has 1 aromatic rings. The van der Waals surface area contributed by atoms with E-state index in [0.717, 1.165) is 36.4 Å². The number of rotatable bonds is 2. The first kappa shape index (κ1) is 13.6. The maximum Gasteiger partial charge on any atom is 0.174 e. The van der Waals surface area contributed by atoms with Crippen molar-refractivity contribution in [2.45, 2.75) is 67.2 Å². The van der Waals surface area contributed by atoms with Gasteiger partial charge in [0.1, 0.15) is 0 Å². The highest BCUT2D eigenvalue weighted by atomic mass is 16.5. The van der Waals surface area contributed by atoms with E-state index in [1.54, 1.807) is 6.07 Å². The van der Waals surface area contributed by atoms with Gasteiger partial charge in [-0.05, 0) is 49.7 Å². The van der Waals surface area contributed by atoms with Crippen LogP contribution in [0.5, 0.6) is 11.5 Å². The van der Waals surface area contributed by atoms with E-state index in [1.165, 1.54) is 12.8 Å². The number of ether oxygens (including phenoxy) is 1. The smallest absolute Gasteiger partial charge is 0.174 e. The van der Waals surface area contributed by atoms with Gasteiger partial charge in [-0.3, -0.25) is 9.69 Å². The average Bonchev–Trinajstić information content (AvgIpc) is 3.45. The van der Waals surface area contributed by atoms with E-state index < -0.39 is 17.1 Å². The van der Waals surface area contributed by atoms with E-state index in [0.29, 0.717) is 18.6 Å². The van der Waals surface area contributed by atoms with Gasteiger partial charge in [0.25, 0.3) is 0 Å². The van der Waals surface area contributed by atoms with Gasteiger partial charge in [-0.1, -0.05) is 6.07 Å². The summed E-state index contributed by atoms with van der Waals surface area (Å²) in [5.41, 5.74) is 0.543. The molecule has 2 aliphatic heterocycles. The van der Waals surface area contributed by atoms with Gasteiger partial charge >= 0.3 is 0 Å². The third kappa shape index (κ3) is 1.19. The van der Waals surface area contributed by atoms with Crippen LogP contribution in [0.4, 0.5) is 0 Å². The largest absolute Gasteiger partial charge is 0.504 e. The van der Waals surface area contributed by atoms with Crippen LogP contribution in [-0.2, 0) is 16.6 Å². The fourth-order valence-electron chi connectivity index (χ4n) is 7.16. The Labute approximate surface area is 145 Å². The molecular formula is C20H21NO4. The number of phenols is 1. The molecule has 5 nitrogen and oxygen atoms in total. The van der Waals surface area contributed by atoms with Crippen molar-refractivity contribution in [2.24, 2.45) is 5.92 Å². The molecule has 6 atom stereocenters. The monoisotopic (exact) mass is 339 g/mol. The fourth-order valence-corrected chi connectivity index (χ4v) is 7.16. The fraction of sp³-hybridized carbons (Fsp3) is 0.650. The van der Waals surface area contributed by atoms with Crippen LogP contribution in [0.2, 0.25) is 0 Å². The van der Waals surface area contributed by atoms with Gasteiger partial charge in [0.15, 0.2) is 23.4 Å². The highest BCUT2D eigenvalue weighted by Gasteiger charge is 2.88. The number of likely N-dealkylation sites (tertiary alicyclic amines) is 1. The third-order valence-corrected chi connectivity index (χ3v) is 8.18. The highest BCUT2D eigenvalue weighted by molar-refractivity contribution is 5.90. The molecule has 4 fully saturated rings. The van der Waals surface area contributed by atoms with Gasteiger partial charge in [-0.15, -0.1) is 0 Å². The first-order chi connectivity index (χ1) is 12.0. The lowest BCUT2D eigenvalue weighted by Gasteiger charge is -2.50. The number of carbonyl (C=O) groups excluding carboxylic acids is 1. The molecule has 0 amide bonds. The standard InChI is InChI=1S/C20H21NO4/c22-12-4-3-11-7-18-9-19-14(11)15(12)25-16(19)13(23)5-6-20(19,24)17(18)21(18)8-10-1-2-10/h3-4,10,16-17,22,24H,1-2,5-9H2/t16-,17?,18+,19-,20+,21?/m1/s1. The summed E-state index contributed by atoms with van der Waals surface area (Å²) in [5.74, 6) is 1.43. The molecule has 7 rings (SSSR count). The van der Waals surface area contributed by atoms with Gasteiger partial charge < -0.3 is 14.9 Å². The number of hydrogen-bond acceptors (Lipinski definition) is 5. The van der Waals surface area contributed by atoms with Crippen LogP contribution >= 0.6 is 0 Å². The zero-order valence-electron chi connectivity index (χ0n) is 14.0. The first-order valence-corrected chi connectivity index (χ1v) is 9.55. The maximum absolute atomic E-state index is 12.7. The Kier molecular flexibility index (Phi) is 1.96. The number of nitrogens with zero attached hydrogens (tertiary/aromatic N) is 1.